The van der Waals surface area contributed by atoms with Gasteiger partial charge in [0, 0.05) is 36.5 Å². The number of aryl methyl sites for hydroxylation is 2. The van der Waals surface area contributed by atoms with Crippen LogP contribution in [0.3, 0.4) is 0 Å². The number of amides is 2. The fourth-order valence-electron chi connectivity index (χ4n) is 4.00. The molecule has 0 saturated carbocycles. The minimum absolute atomic E-state index is 0.0105. The number of hydrogen-bond donors (Lipinski definition) is 2. The molecule has 2 aromatic heterocycles. The Morgan fingerprint density at radius 2 is 1.69 bits per heavy atom. The average Bonchev–Trinajstić information content (AvgIpc) is 3.32. The van der Waals surface area contributed by atoms with Gasteiger partial charge in [-0.25, -0.2) is 0 Å². The minimum atomic E-state index is -0.309. The maximum absolute atomic E-state index is 12.7. The van der Waals surface area contributed by atoms with E-state index in [0.29, 0.717) is 29.4 Å². The van der Waals surface area contributed by atoms with Crippen molar-refractivity contribution < 1.29 is 9.59 Å². The second kappa shape index (κ2) is 10.6. The standard InChI is InChI=1S/C27H30N6O3/c1-17-5-12-22(13-6-17)29-24(35)16-32-19(3)15-25(36)33-27(32)30-26(31-33)21-10-8-20(9-11-21)18(2)7-14-23(34)28-4/h5-6,8-13,15,18H,7,14,16H2,1-4H3,(H,28,34)(H,29,35)/t18-/m1/s1. The molecule has 9 nitrogen and oxygen atoms in total. The van der Waals surface area contributed by atoms with Crippen LogP contribution >= 0.6 is 0 Å². The molecule has 0 aliphatic heterocycles. The Kier molecular flexibility index (Phi) is 7.28. The predicted octanol–water partition coefficient (Wildman–Crippen LogP) is 3.44. The Balaban J connectivity index is 1.57. The maximum Gasteiger partial charge on any atom is 0.275 e. The molecule has 2 heterocycles. The fraction of sp³-hybridized carbons (Fsp3) is 0.296. The summed E-state index contributed by atoms with van der Waals surface area (Å²) in [7, 11) is 1.64. The van der Waals surface area contributed by atoms with Crippen molar-refractivity contribution in [2.75, 3.05) is 12.4 Å². The van der Waals surface area contributed by atoms with Gasteiger partial charge in [-0.1, -0.05) is 48.9 Å². The zero-order chi connectivity index (χ0) is 25.8. The van der Waals surface area contributed by atoms with E-state index in [-0.39, 0.29) is 29.8 Å². The van der Waals surface area contributed by atoms with Gasteiger partial charge in [-0.15, -0.1) is 5.10 Å². The molecule has 4 rings (SSSR count). The Labute approximate surface area is 209 Å². The summed E-state index contributed by atoms with van der Waals surface area (Å²) in [6.45, 7) is 5.82. The summed E-state index contributed by atoms with van der Waals surface area (Å²) in [4.78, 5) is 41.5. The van der Waals surface area contributed by atoms with Crippen molar-refractivity contribution in [3.05, 3.63) is 81.8 Å². The van der Waals surface area contributed by atoms with Gasteiger partial charge < -0.3 is 15.2 Å². The number of nitrogens with zero attached hydrogens (tertiary/aromatic N) is 4. The maximum atomic E-state index is 12.7. The van der Waals surface area contributed by atoms with Crippen LogP contribution in [0.4, 0.5) is 5.69 Å². The number of nitrogens with one attached hydrogen (secondary N) is 2. The molecule has 0 aliphatic carbocycles. The summed E-state index contributed by atoms with van der Waals surface area (Å²) in [5.74, 6) is 0.714. The van der Waals surface area contributed by atoms with Gasteiger partial charge in [0.2, 0.25) is 17.6 Å². The Bertz CT molecular complexity index is 1450. The van der Waals surface area contributed by atoms with Crippen LogP contribution in [0.5, 0.6) is 0 Å². The first-order valence-electron chi connectivity index (χ1n) is 11.9. The lowest BCUT2D eigenvalue weighted by atomic mass is 9.95. The van der Waals surface area contributed by atoms with Crippen molar-refractivity contribution in [1.82, 2.24) is 24.5 Å². The first kappa shape index (κ1) is 24.8. The molecule has 9 heteroatoms. The van der Waals surface area contributed by atoms with Crippen molar-refractivity contribution >= 4 is 23.3 Å². The first-order valence-corrected chi connectivity index (χ1v) is 11.9. The molecular weight excluding hydrogens is 456 g/mol. The molecular formula is C27H30N6O3. The molecule has 2 N–H and O–H groups in total. The number of benzene rings is 2. The fourth-order valence-corrected chi connectivity index (χ4v) is 4.00. The van der Waals surface area contributed by atoms with Gasteiger partial charge >= 0.3 is 0 Å². The lowest BCUT2D eigenvalue weighted by molar-refractivity contribution is -0.120. The SMILES string of the molecule is CNC(=O)CC[C@@H](C)c1ccc(-c2nc3n(CC(=O)Nc4ccc(C)cc4)c(C)cc(=O)n3n2)cc1. The highest BCUT2D eigenvalue weighted by molar-refractivity contribution is 5.90. The topological polar surface area (TPSA) is 110 Å². The Morgan fingerprint density at radius 1 is 1.00 bits per heavy atom. The van der Waals surface area contributed by atoms with E-state index in [4.69, 9.17) is 0 Å². The summed E-state index contributed by atoms with van der Waals surface area (Å²) < 4.78 is 2.90. The summed E-state index contributed by atoms with van der Waals surface area (Å²) in [5, 5.41) is 9.94. The van der Waals surface area contributed by atoms with Gasteiger partial charge in [0.25, 0.3) is 5.56 Å². The van der Waals surface area contributed by atoms with Gasteiger partial charge in [0.15, 0.2) is 5.82 Å². The van der Waals surface area contributed by atoms with Crippen LogP contribution in [-0.2, 0) is 16.1 Å². The summed E-state index contributed by atoms with van der Waals surface area (Å²) in [5.41, 5.74) is 3.98. The van der Waals surface area contributed by atoms with Crippen molar-refractivity contribution in [2.24, 2.45) is 0 Å². The van der Waals surface area contributed by atoms with Crippen LogP contribution in [0, 0.1) is 13.8 Å². The number of rotatable bonds is 8. The van der Waals surface area contributed by atoms with Crippen molar-refractivity contribution in [1.29, 1.82) is 0 Å². The molecule has 0 saturated heterocycles. The number of carbonyl (C=O) groups excluding carboxylic acids is 2. The van der Waals surface area contributed by atoms with Crippen LogP contribution in [0.2, 0.25) is 0 Å². The van der Waals surface area contributed by atoms with E-state index in [9.17, 15) is 14.4 Å². The van der Waals surface area contributed by atoms with Crippen LogP contribution in [0.1, 0.15) is 42.5 Å². The second-order valence-corrected chi connectivity index (χ2v) is 9.01. The Morgan fingerprint density at radius 3 is 2.36 bits per heavy atom. The lowest BCUT2D eigenvalue weighted by Gasteiger charge is -2.12. The highest BCUT2D eigenvalue weighted by Gasteiger charge is 2.16. The van der Waals surface area contributed by atoms with Crippen LogP contribution in [0.25, 0.3) is 17.2 Å². The van der Waals surface area contributed by atoms with E-state index < -0.39 is 0 Å². The normalized spacial score (nSPS) is 11.9. The molecule has 2 aromatic carbocycles. The van der Waals surface area contributed by atoms with E-state index in [2.05, 4.69) is 27.6 Å². The number of anilines is 1. The molecule has 36 heavy (non-hydrogen) atoms. The van der Waals surface area contributed by atoms with E-state index in [1.54, 1.807) is 18.5 Å². The number of fused-ring (bicyclic) bond motifs is 1. The number of hydrogen-bond acceptors (Lipinski definition) is 5. The zero-order valence-electron chi connectivity index (χ0n) is 20.9. The quantitative estimate of drug-likeness (QED) is 0.396. The van der Waals surface area contributed by atoms with Crippen LogP contribution in [-0.4, -0.2) is 38.0 Å². The van der Waals surface area contributed by atoms with Crippen molar-refractivity contribution in [3.8, 4) is 11.4 Å². The summed E-state index contributed by atoms with van der Waals surface area (Å²) in [6.07, 6.45) is 1.21. The third-order valence-electron chi connectivity index (χ3n) is 6.26. The first-order chi connectivity index (χ1) is 17.2. The third-order valence-corrected chi connectivity index (χ3v) is 6.26. The molecule has 0 fully saturated rings. The molecule has 0 aliphatic rings. The monoisotopic (exact) mass is 486 g/mol. The Hall–Kier alpha value is -4.27. The van der Waals surface area contributed by atoms with E-state index in [0.717, 1.165) is 23.1 Å². The van der Waals surface area contributed by atoms with Gasteiger partial charge in [0.1, 0.15) is 6.54 Å². The molecule has 2 amide bonds. The predicted molar refractivity (Wildman–Crippen MR) is 139 cm³/mol. The van der Waals surface area contributed by atoms with E-state index in [1.807, 2.05) is 55.5 Å². The number of aromatic nitrogens is 4. The smallest absolute Gasteiger partial charge is 0.275 e. The third kappa shape index (κ3) is 5.51. The molecule has 0 bridgehead atoms. The summed E-state index contributed by atoms with van der Waals surface area (Å²) in [6, 6.07) is 16.8. The highest BCUT2D eigenvalue weighted by atomic mass is 16.2. The van der Waals surface area contributed by atoms with E-state index in [1.165, 1.54) is 10.6 Å². The largest absolute Gasteiger partial charge is 0.359 e. The van der Waals surface area contributed by atoms with Gasteiger partial charge in [-0.05, 0) is 43.9 Å². The van der Waals surface area contributed by atoms with Gasteiger partial charge in [-0.3, -0.25) is 14.4 Å². The highest BCUT2D eigenvalue weighted by Crippen LogP contribution is 2.24. The molecule has 1 atom stereocenters. The molecule has 0 unspecified atom stereocenters. The summed E-state index contributed by atoms with van der Waals surface area (Å²) >= 11 is 0. The minimum Gasteiger partial charge on any atom is -0.359 e. The lowest BCUT2D eigenvalue weighted by Crippen LogP contribution is -2.25. The van der Waals surface area contributed by atoms with Crippen LogP contribution < -0.4 is 16.2 Å². The molecule has 0 radical (unpaired) electrons. The van der Waals surface area contributed by atoms with E-state index >= 15 is 0 Å². The average molecular weight is 487 g/mol. The number of carbonyl (C=O) groups is 2. The second-order valence-electron chi connectivity index (χ2n) is 9.01. The van der Waals surface area contributed by atoms with Crippen molar-refractivity contribution in [2.45, 2.75) is 46.1 Å². The van der Waals surface area contributed by atoms with Gasteiger partial charge in [-0.2, -0.15) is 9.50 Å². The van der Waals surface area contributed by atoms with Crippen molar-refractivity contribution in [3.63, 3.8) is 0 Å². The van der Waals surface area contributed by atoms with Gasteiger partial charge in [0.05, 0.1) is 0 Å². The molecule has 4 aromatic rings. The molecule has 186 valence electrons. The molecule has 0 spiro atoms. The van der Waals surface area contributed by atoms with Crippen LogP contribution in [0.15, 0.2) is 59.4 Å². The zero-order valence-corrected chi connectivity index (χ0v) is 20.9.